The zero-order valence-electron chi connectivity index (χ0n) is 22.6. The van der Waals surface area contributed by atoms with E-state index < -0.39 is 12.1 Å². The predicted octanol–water partition coefficient (Wildman–Crippen LogP) is -1.31. The van der Waals surface area contributed by atoms with Crippen molar-refractivity contribution < 1.29 is 9.59 Å². The lowest BCUT2D eigenvalue weighted by Crippen LogP contribution is -2.41. The van der Waals surface area contributed by atoms with E-state index in [4.69, 9.17) is 34.4 Å². The monoisotopic (exact) mass is 527 g/mol. The standard InChI is InChI=1S/C24H53N11O2/c25-19(11-9-17-34-23(27)28)21(36)32-15-7-3-1-5-13-31-14-6-2-4-8-16-33-22(37)20(26)12-10-18-35-24(29)30/h19-20,31H,1-18,25-26H2,(H,32,36)(H,33,37)(H4,27,28,34)(H4,29,30,35). The van der Waals surface area contributed by atoms with Crippen molar-refractivity contribution in [2.75, 3.05) is 39.3 Å². The molecule has 0 saturated carbocycles. The van der Waals surface area contributed by atoms with Gasteiger partial charge in [0, 0.05) is 26.2 Å². The van der Waals surface area contributed by atoms with Crippen LogP contribution in [0.3, 0.4) is 0 Å². The molecule has 0 aromatic rings. The third kappa shape index (κ3) is 23.5. The molecule has 0 aliphatic carbocycles. The van der Waals surface area contributed by atoms with E-state index in [-0.39, 0.29) is 23.7 Å². The van der Waals surface area contributed by atoms with Crippen LogP contribution < -0.4 is 50.4 Å². The van der Waals surface area contributed by atoms with Gasteiger partial charge in [0.15, 0.2) is 11.9 Å². The Hall–Kier alpha value is -2.64. The third-order valence-corrected chi connectivity index (χ3v) is 5.77. The highest BCUT2D eigenvalue weighted by molar-refractivity contribution is 5.81. The van der Waals surface area contributed by atoms with Crippen LogP contribution in [0.5, 0.6) is 0 Å². The highest BCUT2D eigenvalue weighted by Gasteiger charge is 2.12. The first kappa shape index (κ1) is 34.4. The summed E-state index contributed by atoms with van der Waals surface area (Å²) in [4.78, 5) is 31.6. The summed E-state index contributed by atoms with van der Waals surface area (Å²) in [5.74, 6) is -0.125. The van der Waals surface area contributed by atoms with Gasteiger partial charge in [0.2, 0.25) is 11.8 Å². The number of carbonyl (C=O) groups is 2. The molecule has 0 spiro atoms. The molecule has 15 N–H and O–H groups in total. The Morgan fingerprint density at radius 2 is 0.892 bits per heavy atom. The molecule has 0 saturated heterocycles. The van der Waals surface area contributed by atoms with E-state index in [2.05, 4.69) is 25.9 Å². The summed E-state index contributed by atoms with van der Waals surface area (Å²) in [7, 11) is 0. The quantitative estimate of drug-likeness (QED) is 0.0409. The number of hydrogen-bond acceptors (Lipinski definition) is 7. The largest absolute Gasteiger partial charge is 0.370 e. The number of rotatable bonds is 24. The zero-order valence-corrected chi connectivity index (χ0v) is 22.6. The zero-order chi connectivity index (χ0) is 27.7. The van der Waals surface area contributed by atoms with Crippen molar-refractivity contribution in [3.8, 4) is 0 Å². The van der Waals surface area contributed by atoms with Crippen molar-refractivity contribution in [2.24, 2.45) is 44.4 Å². The summed E-state index contributed by atoms with van der Waals surface area (Å²) in [6, 6.07) is -1.04. The topological polar surface area (TPSA) is 251 Å². The molecule has 0 aliphatic rings. The van der Waals surface area contributed by atoms with Crippen molar-refractivity contribution in [2.45, 2.75) is 89.1 Å². The molecule has 13 heteroatoms. The highest BCUT2D eigenvalue weighted by atomic mass is 16.2. The van der Waals surface area contributed by atoms with Crippen molar-refractivity contribution in [1.29, 1.82) is 0 Å². The average molecular weight is 528 g/mol. The summed E-state index contributed by atoms with van der Waals surface area (Å²) >= 11 is 0. The summed E-state index contributed by atoms with van der Waals surface area (Å²) in [6.07, 6.45) is 11.0. The van der Waals surface area contributed by atoms with E-state index in [0.29, 0.717) is 51.9 Å². The molecule has 37 heavy (non-hydrogen) atoms. The van der Waals surface area contributed by atoms with Crippen LogP contribution in [0.2, 0.25) is 0 Å². The number of guanidine groups is 2. The summed E-state index contributed by atoms with van der Waals surface area (Å²) in [5, 5.41) is 9.26. The van der Waals surface area contributed by atoms with Gasteiger partial charge in [0.25, 0.3) is 0 Å². The number of carbonyl (C=O) groups excluding carboxylic acids is 2. The summed E-state index contributed by atoms with van der Waals surface area (Å²) in [5.41, 5.74) is 32.8. The number of unbranched alkanes of at least 4 members (excludes halogenated alkanes) is 6. The Labute approximate surface area is 222 Å². The molecule has 0 aromatic carbocycles. The molecular weight excluding hydrogens is 474 g/mol. The number of nitrogens with two attached hydrogens (primary N) is 6. The van der Waals surface area contributed by atoms with E-state index in [1.807, 2.05) is 0 Å². The Kier molecular flexibility index (Phi) is 22.0. The molecule has 13 nitrogen and oxygen atoms in total. The van der Waals surface area contributed by atoms with E-state index in [0.717, 1.165) is 64.5 Å². The van der Waals surface area contributed by atoms with Gasteiger partial charge < -0.3 is 50.4 Å². The molecule has 0 fully saturated rings. The van der Waals surface area contributed by atoms with Crippen LogP contribution in [0.25, 0.3) is 0 Å². The van der Waals surface area contributed by atoms with E-state index >= 15 is 0 Å². The van der Waals surface area contributed by atoms with Crippen LogP contribution in [0.4, 0.5) is 0 Å². The number of aliphatic imine (C=N–C) groups is 2. The second-order valence-electron chi connectivity index (χ2n) is 9.27. The third-order valence-electron chi connectivity index (χ3n) is 5.77. The smallest absolute Gasteiger partial charge is 0.236 e. The fourth-order valence-electron chi connectivity index (χ4n) is 3.57. The molecule has 216 valence electrons. The van der Waals surface area contributed by atoms with E-state index in [1.165, 1.54) is 0 Å². The van der Waals surface area contributed by atoms with Gasteiger partial charge in [-0.25, -0.2) is 0 Å². The molecule has 0 bridgehead atoms. The average Bonchev–Trinajstić information content (AvgIpc) is 2.85. The molecule has 0 radical (unpaired) electrons. The van der Waals surface area contributed by atoms with Crippen LogP contribution in [-0.2, 0) is 9.59 Å². The normalized spacial score (nSPS) is 12.4. The second-order valence-corrected chi connectivity index (χ2v) is 9.27. The van der Waals surface area contributed by atoms with Crippen molar-refractivity contribution >= 4 is 23.7 Å². The molecule has 2 unspecified atom stereocenters. The lowest BCUT2D eigenvalue weighted by molar-refractivity contribution is -0.123. The minimum Gasteiger partial charge on any atom is -0.370 e. The number of nitrogens with one attached hydrogen (secondary N) is 3. The van der Waals surface area contributed by atoms with Crippen LogP contribution in [-0.4, -0.2) is 75.1 Å². The maximum absolute atomic E-state index is 11.9. The van der Waals surface area contributed by atoms with Gasteiger partial charge in [-0.1, -0.05) is 25.7 Å². The first-order valence-electron chi connectivity index (χ1n) is 13.6. The van der Waals surface area contributed by atoms with Crippen molar-refractivity contribution in [1.82, 2.24) is 16.0 Å². The summed E-state index contributed by atoms with van der Waals surface area (Å²) in [6.45, 7) is 4.28. The molecule has 0 aromatic heterocycles. The number of amides is 2. The predicted molar refractivity (Wildman–Crippen MR) is 152 cm³/mol. The van der Waals surface area contributed by atoms with Crippen molar-refractivity contribution in [3.05, 3.63) is 0 Å². The maximum atomic E-state index is 11.9. The molecule has 0 aliphatic heterocycles. The van der Waals surface area contributed by atoms with Crippen LogP contribution in [0.15, 0.2) is 9.98 Å². The van der Waals surface area contributed by atoms with E-state index in [1.54, 1.807) is 0 Å². The lowest BCUT2D eigenvalue weighted by Gasteiger charge is -2.12. The first-order chi connectivity index (χ1) is 17.7. The van der Waals surface area contributed by atoms with Gasteiger partial charge in [0.05, 0.1) is 12.1 Å². The Morgan fingerprint density at radius 3 is 1.24 bits per heavy atom. The summed E-state index contributed by atoms with van der Waals surface area (Å²) < 4.78 is 0. The van der Waals surface area contributed by atoms with Gasteiger partial charge >= 0.3 is 0 Å². The fraction of sp³-hybridized carbons (Fsp3) is 0.833. The maximum Gasteiger partial charge on any atom is 0.236 e. The van der Waals surface area contributed by atoms with Gasteiger partial charge in [-0.15, -0.1) is 0 Å². The van der Waals surface area contributed by atoms with Crippen molar-refractivity contribution in [3.63, 3.8) is 0 Å². The van der Waals surface area contributed by atoms with E-state index in [9.17, 15) is 9.59 Å². The molecule has 0 rings (SSSR count). The Balaban J connectivity index is 3.42. The molecule has 0 heterocycles. The second kappa shape index (κ2) is 23.7. The molecule has 2 atom stereocenters. The first-order valence-corrected chi connectivity index (χ1v) is 13.6. The van der Waals surface area contributed by atoms with Crippen LogP contribution in [0, 0.1) is 0 Å². The fourth-order valence-corrected chi connectivity index (χ4v) is 3.57. The number of hydrogen-bond donors (Lipinski definition) is 9. The lowest BCUT2D eigenvalue weighted by atomic mass is 10.1. The van der Waals surface area contributed by atoms with Crippen LogP contribution >= 0.6 is 0 Å². The van der Waals surface area contributed by atoms with Gasteiger partial charge in [-0.05, 0) is 64.5 Å². The molecule has 2 amide bonds. The Morgan fingerprint density at radius 1 is 0.541 bits per heavy atom. The minimum absolute atomic E-state index is 0.0547. The Bertz CT molecular complexity index is 597. The SMILES string of the molecule is NC(N)=NCCCC(N)C(=O)NCCCCCCNCCCCCCNC(=O)C(N)CCCN=C(N)N. The van der Waals surface area contributed by atoms with Gasteiger partial charge in [-0.3, -0.25) is 19.6 Å². The number of nitrogens with zero attached hydrogens (tertiary/aromatic N) is 2. The van der Waals surface area contributed by atoms with Crippen LogP contribution in [0.1, 0.15) is 77.0 Å². The van der Waals surface area contributed by atoms with Gasteiger partial charge in [0.1, 0.15) is 0 Å². The minimum atomic E-state index is -0.519. The highest BCUT2D eigenvalue weighted by Crippen LogP contribution is 2.01. The molecular formula is C24H53N11O2. The van der Waals surface area contributed by atoms with Gasteiger partial charge in [-0.2, -0.15) is 0 Å².